The molecule has 0 fully saturated rings. The standard InChI is InChI=1S/C20H15BrN2O3/c1-13-4-2-5-14(8-13)20(25)26-18-10-16(21)9-15(19(18)24)11-23-17-6-3-7-22-12-17/h2-12,24H,1H3. The van der Waals surface area contributed by atoms with Crippen LogP contribution in [0.5, 0.6) is 11.5 Å². The average molecular weight is 411 g/mol. The molecule has 0 aliphatic carbocycles. The van der Waals surface area contributed by atoms with E-state index in [0.717, 1.165) is 5.56 Å². The van der Waals surface area contributed by atoms with E-state index in [4.69, 9.17) is 4.74 Å². The van der Waals surface area contributed by atoms with E-state index in [0.29, 0.717) is 21.3 Å². The van der Waals surface area contributed by atoms with E-state index in [1.165, 1.54) is 12.3 Å². The van der Waals surface area contributed by atoms with Gasteiger partial charge in [0.2, 0.25) is 0 Å². The van der Waals surface area contributed by atoms with Crippen molar-refractivity contribution in [1.29, 1.82) is 0 Å². The number of hydrogen-bond acceptors (Lipinski definition) is 5. The molecule has 6 heteroatoms. The van der Waals surface area contributed by atoms with Gasteiger partial charge in [0.25, 0.3) is 0 Å². The molecule has 0 atom stereocenters. The van der Waals surface area contributed by atoms with Crippen molar-refractivity contribution in [1.82, 2.24) is 4.98 Å². The molecule has 0 aliphatic heterocycles. The summed E-state index contributed by atoms with van der Waals surface area (Å²) >= 11 is 3.35. The molecular weight excluding hydrogens is 396 g/mol. The molecule has 26 heavy (non-hydrogen) atoms. The number of aliphatic imine (C=N–C) groups is 1. The number of phenols is 1. The topological polar surface area (TPSA) is 71.8 Å². The highest BCUT2D eigenvalue weighted by Crippen LogP contribution is 2.34. The lowest BCUT2D eigenvalue weighted by Crippen LogP contribution is -2.09. The predicted molar refractivity (Wildman–Crippen MR) is 103 cm³/mol. The van der Waals surface area contributed by atoms with E-state index < -0.39 is 5.97 Å². The zero-order chi connectivity index (χ0) is 18.5. The molecule has 0 unspecified atom stereocenters. The summed E-state index contributed by atoms with van der Waals surface area (Å²) in [6.45, 7) is 1.89. The molecule has 0 aliphatic rings. The number of ether oxygens (including phenoxy) is 1. The molecule has 1 heterocycles. The van der Waals surface area contributed by atoms with Gasteiger partial charge in [-0.1, -0.05) is 33.6 Å². The number of nitrogens with zero attached hydrogens (tertiary/aromatic N) is 2. The summed E-state index contributed by atoms with van der Waals surface area (Å²) < 4.78 is 6.01. The van der Waals surface area contributed by atoms with Crippen molar-refractivity contribution in [3.8, 4) is 11.5 Å². The number of phenolic OH excluding ortho intramolecular Hbond substituents is 1. The highest BCUT2D eigenvalue weighted by Gasteiger charge is 2.15. The van der Waals surface area contributed by atoms with Crippen molar-refractivity contribution >= 4 is 33.8 Å². The molecule has 1 aromatic heterocycles. The number of aromatic hydroxyl groups is 1. The minimum absolute atomic E-state index is 0.0542. The van der Waals surface area contributed by atoms with Gasteiger partial charge in [0, 0.05) is 22.4 Å². The van der Waals surface area contributed by atoms with Gasteiger partial charge in [0.15, 0.2) is 11.5 Å². The van der Waals surface area contributed by atoms with Crippen LogP contribution in [0.4, 0.5) is 5.69 Å². The zero-order valence-corrected chi connectivity index (χ0v) is 15.5. The average Bonchev–Trinajstić information content (AvgIpc) is 2.64. The number of halogens is 1. The van der Waals surface area contributed by atoms with Gasteiger partial charge in [0.05, 0.1) is 17.4 Å². The summed E-state index contributed by atoms with van der Waals surface area (Å²) in [7, 11) is 0. The largest absolute Gasteiger partial charge is 0.504 e. The Morgan fingerprint density at radius 3 is 2.81 bits per heavy atom. The maximum Gasteiger partial charge on any atom is 0.343 e. The molecular formula is C20H15BrN2O3. The third-order valence-corrected chi connectivity index (χ3v) is 3.98. The molecule has 0 radical (unpaired) electrons. The molecule has 0 spiro atoms. The smallest absolute Gasteiger partial charge is 0.343 e. The number of pyridine rings is 1. The Morgan fingerprint density at radius 2 is 2.08 bits per heavy atom. The van der Waals surface area contributed by atoms with Crippen LogP contribution in [0.1, 0.15) is 21.5 Å². The van der Waals surface area contributed by atoms with Gasteiger partial charge >= 0.3 is 5.97 Å². The quantitative estimate of drug-likeness (QED) is 0.379. The molecule has 0 amide bonds. The molecule has 1 N–H and O–H groups in total. The van der Waals surface area contributed by atoms with Crippen molar-refractivity contribution in [2.75, 3.05) is 0 Å². The number of hydrogen-bond donors (Lipinski definition) is 1. The molecule has 3 aromatic rings. The van der Waals surface area contributed by atoms with Gasteiger partial charge in [-0.2, -0.15) is 0 Å². The Balaban J connectivity index is 1.87. The summed E-state index contributed by atoms with van der Waals surface area (Å²) in [6, 6.07) is 13.8. The lowest BCUT2D eigenvalue weighted by molar-refractivity contribution is 0.0729. The number of aryl methyl sites for hydroxylation is 1. The van der Waals surface area contributed by atoms with Gasteiger partial charge in [-0.05, 0) is 43.3 Å². The van der Waals surface area contributed by atoms with Crippen LogP contribution in [0.2, 0.25) is 0 Å². The number of carbonyl (C=O) groups is 1. The Kier molecular flexibility index (Phi) is 5.43. The summed E-state index contributed by atoms with van der Waals surface area (Å²) in [5.74, 6) is -0.655. The van der Waals surface area contributed by atoms with Crippen molar-refractivity contribution in [3.05, 3.63) is 82.1 Å². The van der Waals surface area contributed by atoms with Crippen LogP contribution < -0.4 is 4.74 Å². The van der Waals surface area contributed by atoms with E-state index in [9.17, 15) is 9.90 Å². The van der Waals surface area contributed by atoms with Gasteiger partial charge in [0.1, 0.15) is 0 Å². The lowest BCUT2D eigenvalue weighted by atomic mass is 10.1. The monoisotopic (exact) mass is 410 g/mol. The maximum atomic E-state index is 12.3. The van der Waals surface area contributed by atoms with Gasteiger partial charge in [-0.3, -0.25) is 9.98 Å². The van der Waals surface area contributed by atoms with Crippen LogP contribution in [-0.2, 0) is 0 Å². The number of carbonyl (C=O) groups excluding carboxylic acids is 1. The highest BCUT2D eigenvalue weighted by atomic mass is 79.9. The van der Waals surface area contributed by atoms with Gasteiger partial charge < -0.3 is 9.84 Å². The molecule has 3 rings (SSSR count). The lowest BCUT2D eigenvalue weighted by Gasteiger charge is -2.09. The molecule has 0 saturated carbocycles. The van der Waals surface area contributed by atoms with Crippen LogP contribution in [0.25, 0.3) is 0 Å². The SMILES string of the molecule is Cc1cccc(C(=O)Oc2cc(Br)cc(C=Nc3cccnc3)c2O)c1. The third kappa shape index (κ3) is 4.34. The number of rotatable bonds is 4. The summed E-state index contributed by atoms with van der Waals surface area (Å²) in [4.78, 5) is 20.6. The summed E-state index contributed by atoms with van der Waals surface area (Å²) in [6.07, 6.45) is 4.74. The van der Waals surface area contributed by atoms with Crippen molar-refractivity contribution in [2.45, 2.75) is 6.92 Å². The van der Waals surface area contributed by atoms with Crippen molar-refractivity contribution < 1.29 is 14.6 Å². The number of benzene rings is 2. The van der Waals surface area contributed by atoms with Crippen molar-refractivity contribution in [2.24, 2.45) is 4.99 Å². The van der Waals surface area contributed by atoms with E-state index in [-0.39, 0.29) is 11.5 Å². The number of esters is 1. The van der Waals surface area contributed by atoms with Crippen LogP contribution >= 0.6 is 15.9 Å². The maximum absolute atomic E-state index is 12.3. The Labute approximate surface area is 159 Å². The fourth-order valence-corrected chi connectivity index (χ4v) is 2.73. The Bertz CT molecular complexity index is 972. The van der Waals surface area contributed by atoms with Crippen LogP contribution in [0.15, 0.2) is 70.4 Å². The van der Waals surface area contributed by atoms with Gasteiger partial charge in [-0.15, -0.1) is 0 Å². The summed E-state index contributed by atoms with van der Waals surface area (Å²) in [5.41, 5.74) is 2.41. The first-order valence-corrected chi connectivity index (χ1v) is 8.57. The van der Waals surface area contributed by atoms with E-state index in [2.05, 4.69) is 25.9 Å². The second-order valence-electron chi connectivity index (χ2n) is 5.57. The van der Waals surface area contributed by atoms with Gasteiger partial charge in [-0.25, -0.2) is 4.79 Å². The molecule has 0 bridgehead atoms. The first-order chi connectivity index (χ1) is 12.5. The Hall–Kier alpha value is -2.99. The third-order valence-electron chi connectivity index (χ3n) is 3.52. The molecule has 0 saturated heterocycles. The normalized spacial score (nSPS) is 10.8. The fraction of sp³-hybridized carbons (Fsp3) is 0.0500. The summed E-state index contributed by atoms with van der Waals surface area (Å²) in [5, 5.41) is 10.4. The molecule has 130 valence electrons. The minimum Gasteiger partial charge on any atom is -0.504 e. The second-order valence-corrected chi connectivity index (χ2v) is 6.49. The highest BCUT2D eigenvalue weighted by molar-refractivity contribution is 9.10. The first-order valence-electron chi connectivity index (χ1n) is 7.78. The van der Waals surface area contributed by atoms with Crippen LogP contribution in [0, 0.1) is 6.92 Å². The minimum atomic E-state index is -0.544. The Morgan fingerprint density at radius 1 is 1.23 bits per heavy atom. The predicted octanol–water partition coefficient (Wildman–Crippen LogP) is 4.83. The van der Waals surface area contributed by atoms with Crippen LogP contribution in [-0.4, -0.2) is 22.3 Å². The fourth-order valence-electron chi connectivity index (χ4n) is 2.28. The van der Waals surface area contributed by atoms with E-state index in [1.807, 2.05) is 13.0 Å². The second kappa shape index (κ2) is 7.93. The molecule has 5 nitrogen and oxygen atoms in total. The van der Waals surface area contributed by atoms with Crippen molar-refractivity contribution in [3.63, 3.8) is 0 Å². The molecule has 2 aromatic carbocycles. The van der Waals surface area contributed by atoms with Crippen LogP contribution in [0.3, 0.4) is 0 Å². The first kappa shape index (κ1) is 17.8. The zero-order valence-electron chi connectivity index (χ0n) is 13.9. The number of aromatic nitrogens is 1. The van der Waals surface area contributed by atoms with E-state index >= 15 is 0 Å². The van der Waals surface area contributed by atoms with E-state index in [1.54, 1.807) is 48.8 Å².